The molecule has 1 N–H and O–H groups in total. The molecule has 0 bridgehead atoms. The smallest absolute Gasteiger partial charge is 0.346 e. The lowest BCUT2D eigenvalue weighted by molar-refractivity contribution is -0.132. The molecule has 0 saturated carbocycles. The van der Waals surface area contributed by atoms with Crippen molar-refractivity contribution in [3.63, 3.8) is 0 Å². The van der Waals surface area contributed by atoms with E-state index in [-0.39, 0.29) is 11.7 Å². The molecule has 2 heterocycles. The minimum absolute atomic E-state index is 0.228. The van der Waals surface area contributed by atoms with Crippen LogP contribution in [-0.2, 0) is 16.1 Å². The van der Waals surface area contributed by atoms with E-state index >= 15 is 0 Å². The second-order valence-electron chi connectivity index (χ2n) is 5.05. The number of ether oxygens (including phenoxy) is 1. The minimum atomic E-state index is -1.20. The minimum Gasteiger partial charge on any atom is -0.477 e. The van der Waals surface area contributed by atoms with Crippen LogP contribution in [0.25, 0.3) is 6.08 Å². The Balaban J connectivity index is 2.28. The summed E-state index contributed by atoms with van der Waals surface area (Å²) in [6.45, 7) is 5.51. The van der Waals surface area contributed by atoms with Crippen molar-refractivity contribution in [2.45, 2.75) is 39.3 Å². The normalized spacial score (nSPS) is 19.1. The Morgan fingerprint density at radius 3 is 2.95 bits per heavy atom. The van der Waals surface area contributed by atoms with Crippen LogP contribution in [0, 0.1) is 25.2 Å². The first-order valence-corrected chi connectivity index (χ1v) is 6.66. The van der Waals surface area contributed by atoms with Gasteiger partial charge in [-0.2, -0.15) is 5.26 Å². The molecule has 0 aromatic carbocycles. The van der Waals surface area contributed by atoms with Crippen LogP contribution < -0.4 is 0 Å². The number of aryl methyl sites for hydroxylation is 1. The number of aromatic nitrogens is 1. The summed E-state index contributed by atoms with van der Waals surface area (Å²) in [4.78, 5) is 10.9. The summed E-state index contributed by atoms with van der Waals surface area (Å²) in [7, 11) is 0. The predicted molar refractivity (Wildman–Crippen MR) is 74.1 cm³/mol. The lowest BCUT2D eigenvalue weighted by Crippen LogP contribution is -2.16. The number of carbonyl (C=O) groups is 1. The van der Waals surface area contributed by atoms with Crippen molar-refractivity contribution in [1.29, 1.82) is 5.26 Å². The van der Waals surface area contributed by atoms with Crippen LogP contribution >= 0.6 is 0 Å². The molecule has 1 atom stereocenters. The average Bonchev–Trinajstić information content (AvgIpc) is 3.00. The third-order valence-corrected chi connectivity index (χ3v) is 3.67. The van der Waals surface area contributed by atoms with E-state index in [0.717, 1.165) is 42.9 Å². The quantitative estimate of drug-likeness (QED) is 0.675. The van der Waals surface area contributed by atoms with Gasteiger partial charge in [0.1, 0.15) is 11.6 Å². The highest BCUT2D eigenvalue weighted by atomic mass is 16.5. The van der Waals surface area contributed by atoms with E-state index in [0.29, 0.717) is 0 Å². The molecule has 1 aromatic rings. The summed E-state index contributed by atoms with van der Waals surface area (Å²) in [5.74, 6) is -1.20. The molecular weight excluding hydrogens is 256 g/mol. The van der Waals surface area contributed by atoms with Crippen molar-refractivity contribution in [1.82, 2.24) is 4.57 Å². The molecule has 0 spiro atoms. The third kappa shape index (κ3) is 2.91. The highest BCUT2D eigenvalue weighted by molar-refractivity contribution is 5.96. The van der Waals surface area contributed by atoms with Gasteiger partial charge in [0.2, 0.25) is 0 Å². The van der Waals surface area contributed by atoms with Crippen LogP contribution in [-0.4, -0.2) is 28.4 Å². The summed E-state index contributed by atoms with van der Waals surface area (Å²) in [6, 6.07) is 3.61. The molecule has 0 aliphatic carbocycles. The number of nitrogens with zero attached hydrogens (tertiary/aromatic N) is 2. The van der Waals surface area contributed by atoms with Gasteiger partial charge >= 0.3 is 5.97 Å². The van der Waals surface area contributed by atoms with Crippen molar-refractivity contribution in [2.75, 3.05) is 6.61 Å². The van der Waals surface area contributed by atoms with Crippen LogP contribution in [0.4, 0.5) is 0 Å². The van der Waals surface area contributed by atoms with Gasteiger partial charge in [-0.25, -0.2) is 4.79 Å². The average molecular weight is 274 g/mol. The maximum atomic E-state index is 10.9. The largest absolute Gasteiger partial charge is 0.477 e. The van der Waals surface area contributed by atoms with Crippen molar-refractivity contribution < 1.29 is 14.6 Å². The molecule has 2 rings (SSSR count). The maximum absolute atomic E-state index is 10.9. The van der Waals surface area contributed by atoms with Gasteiger partial charge in [-0.1, -0.05) is 0 Å². The molecule has 0 amide bonds. The number of carboxylic acid groups (broad SMARTS) is 1. The van der Waals surface area contributed by atoms with E-state index in [1.165, 1.54) is 6.08 Å². The Hall–Kier alpha value is -2.06. The van der Waals surface area contributed by atoms with Crippen molar-refractivity contribution in [3.05, 3.63) is 28.6 Å². The molecule has 1 saturated heterocycles. The summed E-state index contributed by atoms with van der Waals surface area (Å²) in [6.07, 6.45) is 3.80. The summed E-state index contributed by atoms with van der Waals surface area (Å²) in [5.41, 5.74) is 2.54. The molecular formula is C15H18N2O3. The van der Waals surface area contributed by atoms with Crippen LogP contribution in [0.2, 0.25) is 0 Å². The van der Waals surface area contributed by atoms with E-state index in [4.69, 9.17) is 15.1 Å². The monoisotopic (exact) mass is 274 g/mol. The van der Waals surface area contributed by atoms with Gasteiger partial charge in [0.15, 0.2) is 0 Å². The van der Waals surface area contributed by atoms with E-state index in [2.05, 4.69) is 4.57 Å². The van der Waals surface area contributed by atoms with Crippen LogP contribution in [0.5, 0.6) is 0 Å². The molecule has 0 radical (unpaired) electrons. The molecule has 1 aliphatic rings. The summed E-state index contributed by atoms with van der Waals surface area (Å²) >= 11 is 0. The SMILES string of the molecule is Cc1cc(/C=C(/C#N)C(=O)O)c(C)n1C[C@@H]1CCCO1. The van der Waals surface area contributed by atoms with E-state index in [1.54, 1.807) is 6.07 Å². The first-order chi connectivity index (χ1) is 9.52. The second-order valence-corrected chi connectivity index (χ2v) is 5.05. The summed E-state index contributed by atoms with van der Waals surface area (Å²) < 4.78 is 7.76. The van der Waals surface area contributed by atoms with Crippen molar-refractivity contribution in [2.24, 2.45) is 0 Å². The maximum Gasteiger partial charge on any atom is 0.346 e. The number of carboxylic acids is 1. The Morgan fingerprint density at radius 1 is 1.65 bits per heavy atom. The highest BCUT2D eigenvalue weighted by Crippen LogP contribution is 2.22. The zero-order chi connectivity index (χ0) is 14.7. The van der Waals surface area contributed by atoms with Crippen molar-refractivity contribution >= 4 is 12.0 Å². The van der Waals surface area contributed by atoms with Gasteiger partial charge in [-0.3, -0.25) is 0 Å². The molecule has 5 nitrogen and oxygen atoms in total. The number of aliphatic carboxylic acids is 1. The van der Waals surface area contributed by atoms with Crippen LogP contribution in [0.15, 0.2) is 11.6 Å². The summed E-state index contributed by atoms with van der Waals surface area (Å²) in [5, 5.41) is 17.7. The molecule has 5 heteroatoms. The van der Waals surface area contributed by atoms with Gasteiger partial charge in [0.05, 0.1) is 6.10 Å². The Labute approximate surface area is 118 Å². The molecule has 20 heavy (non-hydrogen) atoms. The van der Waals surface area contributed by atoms with E-state index in [1.807, 2.05) is 19.9 Å². The fraction of sp³-hybridized carbons (Fsp3) is 0.467. The number of hydrogen-bond donors (Lipinski definition) is 1. The predicted octanol–water partition coefficient (Wildman–Crippen LogP) is 2.28. The van der Waals surface area contributed by atoms with Gasteiger partial charge in [0.25, 0.3) is 0 Å². The topological polar surface area (TPSA) is 75.3 Å². The van der Waals surface area contributed by atoms with Crippen molar-refractivity contribution in [3.8, 4) is 6.07 Å². The Bertz CT molecular complexity index is 587. The molecule has 1 fully saturated rings. The Kier molecular flexibility index (Phi) is 4.26. The van der Waals surface area contributed by atoms with Gasteiger partial charge in [0, 0.05) is 24.5 Å². The molecule has 0 unspecified atom stereocenters. The molecule has 1 aromatic heterocycles. The Morgan fingerprint density at radius 2 is 2.40 bits per heavy atom. The first kappa shape index (κ1) is 14.4. The van der Waals surface area contributed by atoms with E-state index < -0.39 is 5.97 Å². The number of nitriles is 1. The van der Waals surface area contributed by atoms with E-state index in [9.17, 15) is 4.79 Å². The number of rotatable bonds is 4. The van der Waals surface area contributed by atoms with Gasteiger partial charge in [-0.05, 0) is 44.4 Å². The first-order valence-electron chi connectivity index (χ1n) is 6.66. The van der Waals surface area contributed by atoms with Gasteiger partial charge < -0.3 is 14.4 Å². The second kappa shape index (κ2) is 5.93. The zero-order valence-electron chi connectivity index (χ0n) is 11.7. The lowest BCUT2D eigenvalue weighted by atomic mass is 10.1. The molecule has 106 valence electrons. The third-order valence-electron chi connectivity index (χ3n) is 3.67. The van der Waals surface area contributed by atoms with Crippen LogP contribution in [0.3, 0.4) is 0 Å². The van der Waals surface area contributed by atoms with Crippen LogP contribution in [0.1, 0.15) is 29.8 Å². The van der Waals surface area contributed by atoms with Gasteiger partial charge in [-0.15, -0.1) is 0 Å². The zero-order valence-corrected chi connectivity index (χ0v) is 11.7. The molecule has 1 aliphatic heterocycles. The fourth-order valence-electron chi connectivity index (χ4n) is 2.54. The lowest BCUT2D eigenvalue weighted by Gasteiger charge is -2.14. The number of hydrogen-bond acceptors (Lipinski definition) is 3. The standard InChI is InChI=1S/C15H18N2O3/c1-10-6-12(7-13(8-16)15(18)19)11(2)17(10)9-14-4-3-5-20-14/h6-7,14H,3-5,9H2,1-2H3,(H,18,19)/b13-7-/t14-/m0/s1. The fourth-order valence-corrected chi connectivity index (χ4v) is 2.54. The highest BCUT2D eigenvalue weighted by Gasteiger charge is 2.19.